The van der Waals surface area contributed by atoms with Crippen LogP contribution in [0.15, 0.2) is 36.5 Å². The number of nitrogens with one attached hydrogen (secondary N) is 1. The van der Waals surface area contributed by atoms with Crippen LogP contribution in [-0.2, 0) is 4.79 Å². The maximum atomic E-state index is 11.9. The Morgan fingerprint density at radius 3 is 2.76 bits per heavy atom. The zero-order valence-corrected chi connectivity index (χ0v) is 12.2. The smallest absolute Gasteiger partial charge is 0.261 e. The summed E-state index contributed by atoms with van der Waals surface area (Å²) in [7, 11) is 0. The molecule has 1 aromatic carbocycles. The van der Waals surface area contributed by atoms with Crippen LogP contribution in [0.1, 0.15) is 25.3 Å². The summed E-state index contributed by atoms with van der Waals surface area (Å²) in [4.78, 5) is 11.9. The van der Waals surface area contributed by atoms with Crippen molar-refractivity contribution in [3.05, 3.63) is 42.1 Å². The Morgan fingerprint density at radius 1 is 1.38 bits per heavy atom. The number of para-hydroxylation sites is 1. The van der Waals surface area contributed by atoms with Gasteiger partial charge in [-0.25, -0.2) is 4.68 Å². The number of carbonyl (C=O) groups is 1. The standard InChI is InChI=1S/C16H19N3O2/c1-11-10-19(14-6-4-3-5-7-14)18-16(11)21-12(2)15(20)17-13-8-9-13/h3-7,10,12-13H,8-9H2,1-2H3,(H,17,20)/t12-/m0/s1. The number of carbonyl (C=O) groups excluding carboxylic acids is 1. The first-order valence-electron chi connectivity index (χ1n) is 7.22. The van der Waals surface area contributed by atoms with Gasteiger partial charge in [0.1, 0.15) is 0 Å². The lowest BCUT2D eigenvalue weighted by Gasteiger charge is -2.13. The van der Waals surface area contributed by atoms with Gasteiger partial charge in [-0.1, -0.05) is 18.2 Å². The number of rotatable bonds is 5. The molecule has 1 heterocycles. The van der Waals surface area contributed by atoms with Crippen LogP contribution >= 0.6 is 0 Å². The predicted molar refractivity (Wildman–Crippen MR) is 79.6 cm³/mol. The first-order chi connectivity index (χ1) is 10.1. The largest absolute Gasteiger partial charge is 0.463 e. The van der Waals surface area contributed by atoms with E-state index in [0.29, 0.717) is 11.9 Å². The summed E-state index contributed by atoms with van der Waals surface area (Å²) in [5.41, 5.74) is 1.87. The van der Waals surface area contributed by atoms with Gasteiger partial charge >= 0.3 is 0 Å². The minimum atomic E-state index is -0.538. The summed E-state index contributed by atoms with van der Waals surface area (Å²) in [6.45, 7) is 3.67. The summed E-state index contributed by atoms with van der Waals surface area (Å²) in [6, 6.07) is 10.2. The van der Waals surface area contributed by atoms with Crippen LogP contribution < -0.4 is 10.1 Å². The highest BCUT2D eigenvalue weighted by molar-refractivity contribution is 5.81. The van der Waals surface area contributed by atoms with Gasteiger partial charge in [0.15, 0.2) is 6.10 Å². The topological polar surface area (TPSA) is 56.2 Å². The number of nitrogens with zero attached hydrogens (tertiary/aromatic N) is 2. The molecule has 1 aliphatic rings. The van der Waals surface area contributed by atoms with Crippen molar-refractivity contribution in [3.8, 4) is 11.6 Å². The molecule has 0 radical (unpaired) electrons. The summed E-state index contributed by atoms with van der Waals surface area (Å²) in [5.74, 6) is 0.420. The van der Waals surface area contributed by atoms with Crippen molar-refractivity contribution in [1.82, 2.24) is 15.1 Å². The van der Waals surface area contributed by atoms with E-state index in [1.54, 1.807) is 11.6 Å². The van der Waals surface area contributed by atoms with E-state index in [-0.39, 0.29) is 5.91 Å². The third kappa shape index (κ3) is 3.24. The van der Waals surface area contributed by atoms with Crippen LogP contribution in [0.3, 0.4) is 0 Å². The average Bonchev–Trinajstić information content (AvgIpc) is 3.23. The van der Waals surface area contributed by atoms with E-state index in [4.69, 9.17) is 4.74 Å². The van der Waals surface area contributed by atoms with Gasteiger partial charge in [0.2, 0.25) is 5.88 Å². The van der Waals surface area contributed by atoms with E-state index in [0.717, 1.165) is 24.1 Å². The SMILES string of the molecule is Cc1cn(-c2ccccc2)nc1O[C@@H](C)C(=O)NC1CC1. The zero-order valence-electron chi connectivity index (χ0n) is 12.2. The molecule has 21 heavy (non-hydrogen) atoms. The van der Waals surface area contributed by atoms with Crippen molar-refractivity contribution in [2.24, 2.45) is 0 Å². The van der Waals surface area contributed by atoms with Gasteiger partial charge in [-0.3, -0.25) is 4.79 Å². The van der Waals surface area contributed by atoms with Crippen LogP contribution in [0, 0.1) is 6.92 Å². The Balaban J connectivity index is 1.70. The van der Waals surface area contributed by atoms with Gasteiger partial charge in [-0.2, -0.15) is 0 Å². The van der Waals surface area contributed by atoms with Crippen molar-refractivity contribution in [2.75, 3.05) is 0 Å². The van der Waals surface area contributed by atoms with E-state index in [1.165, 1.54) is 0 Å². The molecule has 0 unspecified atom stereocenters. The second-order valence-electron chi connectivity index (χ2n) is 5.44. The van der Waals surface area contributed by atoms with E-state index in [9.17, 15) is 4.79 Å². The fourth-order valence-electron chi connectivity index (χ4n) is 2.04. The maximum Gasteiger partial charge on any atom is 0.261 e. The van der Waals surface area contributed by atoms with Crippen LogP contribution in [0.4, 0.5) is 0 Å². The molecule has 1 atom stereocenters. The fourth-order valence-corrected chi connectivity index (χ4v) is 2.04. The van der Waals surface area contributed by atoms with Crippen LogP contribution in [-0.4, -0.2) is 27.8 Å². The molecule has 1 fully saturated rings. The quantitative estimate of drug-likeness (QED) is 0.916. The molecule has 3 rings (SSSR count). The molecule has 0 spiro atoms. The summed E-state index contributed by atoms with van der Waals surface area (Å²) in [6.07, 6.45) is 3.50. The first kappa shape index (κ1) is 13.7. The lowest BCUT2D eigenvalue weighted by molar-refractivity contribution is -0.127. The third-order valence-corrected chi connectivity index (χ3v) is 3.45. The lowest BCUT2D eigenvalue weighted by Crippen LogP contribution is -2.37. The number of hydrogen-bond donors (Lipinski definition) is 1. The molecule has 0 aliphatic heterocycles. The Kier molecular flexibility index (Phi) is 3.64. The predicted octanol–water partition coefficient (Wildman–Crippen LogP) is 2.23. The molecule has 2 aromatic rings. The molecule has 1 aromatic heterocycles. The van der Waals surface area contributed by atoms with Crippen LogP contribution in [0.25, 0.3) is 5.69 Å². The second-order valence-corrected chi connectivity index (χ2v) is 5.44. The van der Waals surface area contributed by atoms with Crippen molar-refractivity contribution >= 4 is 5.91 Å². The molecule has 0 bridgehead atoms. The highest BCUT2D eigenvalue weighted by Crippen LogP contribution is 2.21. The van der Waals surface area contributed by atoms with Gasteiger partial charge in [0, 0.05) is 17.8 Å². The molecule has 1 saturated carbocycles. The maximum absolute atomic E-state index is 11.9. The van der Waals surface area contributed by atoms with Crippen LogP contribution in [0.2, 0.25) is 0 Å². The highest BCUT2D eigenvalue weighted by Gasteiger charge is 2.27. The van der Waals surface area contributed by atoms with E-state index >= 15 is 0 Å². The van der Waals surface area contributed by atoms with E-state index in [2.05, 4.69) is 10.4 Å². The molecule has 1 N–H and O–H groups in total. The fraction of sp³-hybridized carbons (Fsp3) is 0.375. The number of benzene rings is 1. The highest BCUT2D eigenvalue weighted by atomic mass is 16.5. The summed E-state index contributed by atoms with van der Waals surface area (Å²) < 4.78 is 7.45. The molecule has 1 amide bonds. The molecule has 5 nitrogen and oxygen atoms in total. The number of aryl methyl sites for hydroxylation is 1. The summed E-state index contributed by atoms with van der Waals surface area (Å²) >= 11 is 0. The molecular formula is C16H19N3O2. The molecule has 5 heteroatoms. The first-order valence-corrected chi connectivity index (χ1v) is 7.22. The number of hydrogen-bond acceptors (Lipinski definition) is 3. The lowest BCUT2D eigenvalue weighted by atomic mass is 10.3. The second kappa shape index (κ2) is 5.60. The summed E-state index contributed by atoms with van der Waals surface area (Å²) in [5, 5.41) is 7.34. The number of amides is 1. The normalized spacial score (nSPS) is 15.5. The van der Waals surface area contributed by atoms with Gasteiger partial charge in [0.25, 0.3) is 5.91 Å². The Morgan fingerprint density at radius 2 is 2.10 bits per heavy atom. The number of aromatic nitrogens is 2. The molecule has 0 saturated heterocycles. The van der Waals surface area contributed by atoms with Crippen molar-refractivity contribution in [3.63, 3.8) is 0 Å². The third-order valence-electron chi connectivity index (χ3n) is 3.45. The van der Waals surface area contributed by atoms with Gasteiger partial charge < -0.3 is 10.1 Å². The van der Waals surface area contributed by atoms with Gasteiger partial charge in [-0.15, -0.1) is 5.10 Å². The number of ether oxygens (including phenoxy) is 1. The molecule has 1 aliphatic carbocycles. The molecular weight excluding hydrogens is 266 g/mol. The average molecular weight is 285 g/mol. The Hall–Kier alpha value is -2.30. The van der Waals surface area contributed by atoms with E-state index < -0.39 is 6.10 Å². The Labute approximate surface area is 123 Å². The van der Waals surface area contributed by atoms with Crippen molar-refractivity contribution in [1.29, 1.82) is 0 Å². The molecule has 110 valence electrons. The Bertz CT molecular complexity index is 632. The minimum absolute atomic E-state index is 0.0776. The van der Waals surface area contributed by atoms with Crippen molar-refractivity contribution < 1.29 is 9.53 Å². The monoisotopic (exact) mass is 285 g/mol. The van der Waals surface area contributed by atoms with Gasteiger partial charge in [-0.05, 0) is 38.8 Å². The van der Waals surface area contributed by atoms with Crippen molar-refractivity contribution in [2.45, 2.75) is 38.8 Å². The van der Waals surface area contributed by atoms with E-state index in [1.807, 2.05) is 43.5 Å². The van der Waals surface area contributed by atoms with Gasteiger partial charge in [0.05, 0.1) is 5.69 Å². The van der Waals surface area contributed by atoms with Crippen LogP contribution in [0.5, 0.6) is 5.88 Å². The zero-order chi connectivity index (χ0) is 14.8. The minimum Gasteiger partial charge on any atom is -0.463 e.